The van der Waals surface area contributed by atoms with Crippen LogP contribution in [0.5, 0.6) is 0 Å². The zero-order chi connectivity index (χ0) is 19.8. The van der Waals surface area contributed by atoms with Crippen molar-refractivity contribution in [3.8, 4) is 0 Å². The molecule has 152 valence electrons. The Bertz CT molecular complexity index is 934. The number of hydrogen-bond acceptors (Lipinski definition) is 5. The minimum absolute atomic E-state index is 0.0211. The highest BCUT2D eigenvalue weighted by Crippen LogP contribution is 2.33. The van der Waals surface area contributed by atoms with E-state index < -0.39 is 0 Å². The molecule has 1 aliphatic heterocycles. The third-order valence-corrected chi connectivity index (χ3v) is 7.83. The number of thiophene rings is 1. The Balaban J connectivity index is 1.46. The summed E-state index contributed by atoms with van der Waals surface area (Å²) in [5.74, 6) is 0.112. The predicted molar refractivity (Wildman–Crippen MR) is 113 cm³/mol. The highest BCUT2D eigenvalue weighted by molar-refractivity contribution is 7.18. The van der Waals surface area contributed by atoms with Crippen molar-refractivity contribution in [2.24, 2.45) is 0 Å². The minimum atomic E-state index is 0.0211. The molecular formula is C21H30N4O2S. The van der Waals surface area contributed by atoms with Crippen molar-refractivity contribution in [2.75, 3.05) is 20.6 Å². The molecule has 7 heteroatoms. The van der Waals surface area contributed by atoms with Gasteiger partial charge < -0.3 is 9.80 Å². The molecule has 1 aliphatic carbocycles. The molecule has 1 fully saturated rings. The van der Waals surface area contributed by atoms with Crippen molar-refractivity contribution >= 4 is 27.5 Å². The van der Waals surface area contributed by atoms with E-state index in [2.05, 4.69) is 23.9 Å². The van der Waals surface area contributed by atoms with Crippen LogP contribution >= 0.6 is 11.3 Å². The van der Waals surface area contributed by atoms with Crippen LogP contribution in [-0.4, -0.2) is 58.0 Å². The highest BCUT2D eigenvalue weighted by atomic mass is 32.1. The number of aromatic nitrogens is 2. The Kier molecular flexibility index (Phi) is 5.56. The SMILES string of the molecule is CC1CC(N(C)C(=O)CCn2cnc3sc4c(c3c2=O)CCCC4)CCN1C. The number of fused-ring (bicyclic) bond motifs is 3. The van der Waals surface area contributed by atoms with Crippen LogP contribution in [0.3, 0.4) is 0 Å². The summed E-state index contributed by atoms with van der Waals surface area (Å²) in [6.07, 6.45) is 8.37. The second-order valence-corrected chi connectivity index (χ2v) is 9.48. The average molecular weight is 403 g/mol. The van der Waals surface area contributed by atoms with Crippen LogP contribution in [0.15, 0.2) is 11.1 Å². The van der Waals surface area contributed by atoms with Gasteiger partial charge in [0.05, 0.1) is 11.7 Å². The monoisotopic (exact) mass is 402 g/mol. The molecule has 2 unspecified atom stereocenters. The molecule has 0 spiro atoms. The van der Waals surface area contributed by atoms with Gasteiger partial charge in [0, 0.05) is 43.5 Å². The van der Waals surface area contributed by atoms with E-state index in [1.54, 1.807) is 22.2 Å². The van der Waals surface area contributed by atoms with Gasteiger partial charge in [0.15, 0.2) is 0 Å². The van der Waals surface area contributed by atoms with E-state index in [1.165, 1.54) is 16.9 Å². The Morgan fingerprint density at radius 3 is 2.93 bits per heavy atom. The summed E-state index contributed by atoms with van der Waals surface area (Å²) in [7, 11) is 4.05. The van der Waals surface area contributed by atoms with Crippen LogP contribution in [0, 0.1) is 0 Å². The molecule has 0 saturated carbocycles. The molecule has 0 aromatic carbocycles. The Morgan fingerprint density at radius 1 is 1.36 bits per heavy atom. The number of aryl methyl sites for hydroxylation is 3. The molecule has 0 radical (unpaired) electrons. The third kappa shape index (κ3) is 3.62. The maximum atomic E-state index is 13.0. The van der Waals surface area contributed by atoms with Gasteiger partial charge in [-0.1, -0.05) is 0 Å². The van der Waals surface area contributed by atoms with Crippen LogP contribution in [0.25, 0.3) is 10.2 Å². The molecule has 1 saturated heterocycles. The van der Waals surface area contributed by atoms with E-state index in [4.69, 9.17) is 0 Å². The number of rotatable bonds is 4. The fourth-order valence-corrected chi connectivity index (χ4v) is 5.77. The van der Waals surface area contributed by atoms with Gasteiger partial charge in [-0.3, -0.25) is 14.2 Å². The molecule has 4 rings (SSSR count). The number of likely N-dealkylation sites (tertiary alicyclic amines) is 1. The maximum absolute atomic E-state index is 13.0. The lowest BCUT2D eigenvalue weighted by Gasteiger charge is -2.39. The van der Waals surface area contributed by atoms with Gasteiger partial charge in [-0.05, 0) is 58.1 Å². The summed E-state index contributed by atoms with van der Waals surface area (Å²) in [6, 6.07) is 0.785. The van der Waals surface area contributed by atoms with E-state index in [0.29, 0.717) is 25.0 Å². The van der Waals surface area contributed by atoms with E-state index in [0.717, 1.165) is 48.9 Å². The van der Waals surface area contributed by atoms with Crippen LogP contribution in [-0.2, 0) is 24.2 Å². The second kappa shape index (κ2) is 7.95. The molecule has 6 nitrogen and oxygen atoms in total. The fourth-order valence-electron chi connectivity index (χ4n) is 4.55. The molecule has 1 amide bonds. The summed E-state index contributed by atoms with van der Waals surface area (Å²) in [5, 5.41) is 0.798. The third-order valence-electron chi connectivity index (χ3n) is 6.63. The predicted octanol–water partition coefficient (Wildman–Crippen LogP) is 2.67. The van der Waals surface area contributed by atoms with Crippen LogP contribution in [0.2, 0.25) is 0 Å². The van der Waals surface area contributed by atoms with Crippen molar-refractivity contribution in [1.82, 2.24) is 19.4 Å². The maximum Gasteiger partial charge on any atom is 0.262 e. The van der Waals surface area contributed by atoms with Crippen molar-refractivity contribution in [3.05, 3.63) is 27.1 Å². The Labute approximate surface area is 170 Å². The molecule has 2 aromatic rings. The first-order chi connectivity index (χ1) is 13.5. The smallest absolute Gasteiger partial charge is 0.262 e. The quantitative estimate of drug-likeness (QED) is 0.789. The van der Waals surface area contributed by atoms with Crippen molar-refractivity contribution in [2.45, 2.75) is 70.5 Å². The molecule has 2 atom stereocenters. The molecule has 3 heterocycles. The number of piperidine rings is 1. The van der Waals surface area contributed by atoms with Gasteiger partial charge in [-0.2, -0.15) is 0 Å². The fraction of sp³-hybridized carbons (Fsp3) is 0.667. The molecule has 0 N–H and O–H groups in total. The van der Waals surface area contributed by atoms with Crippen LogP contribution in [0.1, 0.15) is 49.5 Å². The summed E-state index contributed by atoms with van der Waals surface area (Å²) in [6.45, 7) is 3.64. The normalized spacial score (nSPS) is 23.0. The van der Waals surface area contributed by atoms with E-state index in [1.807, 2.05) is 11.9 Å². The lowest BCUT2D eigenvalue weighted by Crippen LogP contribution is -2.48. The number of amides is 1. The average Bonchev–Trinajstić information content (AvgIpc) is 3.08. The van der Waals surface area contributed by atoms with Crippen LogP contribution in [0.4, 0.5) is 0 Å². The molecule has 0 bridgehead atoms. The zero-order valence-electron chi connectivity index (χ0n) is 17.1. The van der Waals surface area contributed by atoms with Crippen molar-refractivity contribution in [1.29, 1.82) is 0 Å². The lowest BCUT2D eigenvalue weighted by molar-refractivity contribution is -0.133. The molecule has 2 aromatic heterocycles. The van der Waals surface area contributed by atoms with Crippen LogP contribution < -0.4 is 5.56 Å². The number of hydrogen-bond donors (Lipinski definition) is 0. The highest BCUT2D eigenvalue weighted by Gasteiger charge is 2.28. The summed E-state index contributed by atoms with van der Waals surface area (Å²) < 4.78 is 1.63. The van der Waals surface area contributed by atoms with Gasteiger partial charge in [-0.25, -0.2) is 4.98 Å². The Hall–Kier alpha value is -1.73. The van der Waals surface area contributed by atoms with E-state index in [-0.39, 0.29) is 11.5 Å². The zero-order valence-corrected chi connectivity index (χ0v) is 17.9. The van der Waals surface area contributed by atoms with Gasteiger partial charge in [0.25, 0.3) is 5.56 Å². The molecule has 2 aliphatic rings. The first kappa shape index (κ1) is 19.6. The van der Waals surface area contributed by atoms with Crippen molar-refractivity contribution < 1.29 is 4.79 Å². The lowest BCUT2D eigenvalue weighted by atomic mass is 9.97. The topological polar surface area (TPSA) is 58.4 Å². The minimum Gasteiger partial charge on any atom is -0.343 e. The van der Waals surface area contributed by atoms with Gasteiger partial charge in [0.1, 0.15) is 4.83 Å². The Morgan fingerprint density at radius 2 is 2.14 bits per heavy atom. The summed E-state index contributed by atoms with van der Waals surface area (Å²) in [4.78, 5) is 36.7. The van der Waals surface area contributed by atoms with Gasteiger partial charge >= 0.3 is 0 Å². The number of carbonyl (C=O) groups excluding carboxylic acids is 1. The van der Waals surface area contributed by atoms with E-state index >= 15 is 0 Å². The first-order valence-corrected chi connectivity index (χ1v) is 11.2. The van der Waals surface area contributed by atoms with Gasteiger partial charge in [0.2, 0.25) is 5.91 Å². The molecule has 28 heavy (non-hydrogen) atoms. The van der Waals surface area contributed by atoms with E-state index in [9.17, 15) is 9.59 Å². The number of nitrogens with zero attached hydrogens (tertiary/aromatic N) is 4. The number of carbonyl (C=O) groups is 1. The van der Waals surface area contributed by atoms with Gasteiger partial charge in [-0.15, -0.1) is 11.3 Å². The largest absolute Gasteiger partial charge is 0.343 e. The second-order valence-electron chi connectivity index (χ2n) is 8.40. The standard InChI is InChI=1S/C21H30N4O2S/c1-14-12-15(8-10-23(14)2)24(3)18(26)9-11-25-13-22-20-19(21(25)27)16-6-4-5-7-17(16)28-20/h13-15H,4-12H2,1-3H3. The van der Waals surface area contributed by atoms with Crippen molar-refractivity contribution in [3.63, 3.8) is 0 Å². The summed E-state index contributed by atoms with van der Waals surface area (Å²) >= 11 is 1.67. The summed E-state index contributed by atoms with van der Waals surface area (Å²) in [5.41, 5.74) is 1.23. The molecular weight excluding hydrogens is 372 g/mol. The first-order valence-electron chi connectivity index (χ1n) is 10.4.